The molecule has 2 heterocycles. The molecule has 0 saturated carbocycles. The third-order valence-corrected chi connectivity index (χ3v) is 6.50. The maximum absolute atomic E-state index is 12.5. The fourth-order valence-electron chi connectivity index (χ4n) is 3.55. The van der Waals surface area contributed by atoms with E-state index in [4.69, 9.17) is 16.6 Å². The summed E-state index contributed by atoms with van der Waals surface area (Å²) in [4.78, 5) is 18.8. The van der Waals surface area contributed by atoms with Crippen LogP contribution in [0.3, 0.4) is 0 Å². The van der Waals surface area contributed by atoms with Gasteiger partial charge in [0.05, 0.1) is 33.8 Å². The highest BCUT2D eigenvalue weighted by atomic mass is 35.5. The molecule has 0 unspecified atom stereocenters. The van der Waals surface area contributed by atoms with Crippen molar-refractivity contribution in [3.05, 3.63) is 62.3 Å². The zero-order chi connectivity index (χ0) is 19.5. The van der Waals surface area contributed by atoms with Gasteiger partial charge in [-0.1, -0.05) is 17.7 Å². The molecule has 2 aromatic heterocycles. The molecule has 0 spiro atoms. The minimum Gasteiger partial charge on any atom is -0.352 e. The average molecular weight is 415 g/mol. The van der Waals surface area contributed by atoms with Crippen molar-refractivity contribution in [3.8, 4) is 5.69 Å². The van der Waals surface area contributed by atoms with E-state index in [1.165, 1.54) is 34.8 Å². The van der Waals surface area contributed by atoms with E-state index < -0.39 is 0 Å². The first-order chi connectivity index (χ1) is 13.6. The van der Waals surface area contributed by atoms with Crippen molar-refractivity contribution in [2.75, 3.05) is 6.54 Å². The van der Waals surface area contributed by atoms with E-state index in [1.54, 1.807) is 10.9 Å². The summed E-state index contributed by atoms with van der Waals surface area (Å²) < 4.78 is 1.74. The number of thiazole rings is 1. The lowest BCUT2D eigenvalue weighted by molar-refractivity contribution is 0.0952. The van der Waals surface area contributed by atoms with Crippen molar-refractivity contribution >= 4 is 28.8 Å². The van der Waals surface area contributed by atoms with Crippen LogP contribution in [0.2, 0.25) is 5.02 Å². The van der Waals surface area contributed by atoms with Crippen molar-refractivity contribution in [1.82, 2.24) is 20.1 Å². The van der Waals surface area contributed by atoms with Crippen LogP contribution in [0.5, 0.6) is 0 Å². The molecule has 1 aliphatic carbocycles. The molecule has 0 radical (unpaired) electrons. The maximum atomic E-state index is 12.5. The monoisotopic (exact) mass is 414 g/mol. The number of rotatable bonds is 6. The SMILES string of the molecule is Cc1c(C(=O)NCCCc2nc3c(s2)CCCC3)cnn1-c1cccc(Cl)c1. The molecule has 1 amide bonds. The van der Waals surface area contributed by atoms with Crippen molar-refractivity contribution in [3.63, 3.8) is 0 Å². The van der Waals surface area contributed by atoms with E-state index in [1.807, 2.05) is 42.5 Å². The Hall–Kier alpha value is -2.18. The first-order valence-corrected chi connectivity index (χ1v) is 10.9. The Morgan fingerprint density at radius 3 is 3.00 bits per heavy atom. The van der Waals surface area contributed by atoms with Crippen LogP contribution in [0.1, 0.15) is 50.9 Å². The topological polar surface area (TPSA) is 59.8 Å². The second-order valence-electron chi connectivity index (χ2n) is 7.08. The number of carbonyl (C=O) groups excluding carboxylic acids is 1. The zero-order valence-electron chi connectivity index (χ0n) is 15.9. The Bertz CT molecular complexity index is 971. The van der Waals surface area contributed by atoms with Gasteiger partial charge in [-0.3, -0.25) is 4.79 Å². The predicted molar refractivity (Wildman–Crippen MR) is 113 cm³/mol. The lowest BCUT2D eigenvalue weighted by Crippen LogP contribution is -2.25. The van der Waals surface area contributed by atoms with Crippen LogP contribution in [-0.2, 0) is 19.3 Å². The van der Waals surface area contributed by atoms with Crippen molar-refractivity contribution in [2.24, 2.45) is 0 Å². The van der Waals surface area contributed by atoms with Crippen LogP contribution in [0, 0.1) is 6.92 Å². The van der Waals surface area contributed by atoms with Gasteiger partial charge >= 0.3 is 0 Å². The van der Waals surface area contributed by atoms with Crippen molar-refractivity contribution in [2.45, 2.75) is 45.4 Å². The summed E-state index contributed by atoms with van der Waals surface area (Å²) >= 11 is 7.91. The second-order valence-corrected chi connectivity index (χ2v) is 8.68. The van der Waals surface area contributed by atoms with Gasteiger partial charge in [-0.2, -0.15) is 5.10 Å². The maximum Gasteiger partial charge on any atom is 0.254 e. The summed E-state index contributed by atoms with van der Waals surface area (Å²) in [6, 6.07) is 7.43. The van der Waals surface area contributed by atoms with Crippen molar-refractivity contribution < 1.29 is 4.79 Å². The number of hydrogen-bond acceptors (Lipinski definition) is 4. The lowest BCUT2D eigenvalue weighted by Gasteiger charge is -2.07. The minimum absolute atomic E-state index is 0.0933. The molecule has 0 bridgehead atoms. The van der Waals surface area contributed by atoms with Gasteiger partial charge in [-0.05, 0) is 57.2 Å². The van der Waals surface area contributed by atoms with Gasteiger partial charge in [0.15, 0.2) is 0 Å². The molecule has 0 aliphatic heterocycles. The number of nitrogens with zero attached hydrogens (tertiary/aromatic N) is 3. The number of aromatic nitrogens is 3. The summed E-state index contributed by atoms with van der Waals surface area (Å²) in [6.07, 6.45) is 8.26. The van der Waals surface area contributed by atoms with Gasteiger partial charge in [0.1, 0.15) is 0 Å². The molecule has 1 aromatic carbocycles. The van der Waals surface area contributed by atoms with Crippen LogP contribution in [0.4, 0.5) is 0 Å². The highest BCUT2D eigenvalue weighted by molar-refractivity contribution is 7.11. The smallest absolute Gasteiger partial charge is 0.254 e. The van der Waals surface area contributed by atoms with Crippen molar-refractivity contribution in [1.29, 1.82) is 0 Å². The zero-order valence-corrected chi connectivity index (χ0v) is 17.4. The Kier molecular flexibility index (Phi) is 5.78. The molecule has 4 rings (SSSR count). The van der Waals surface area contributed by atoms with E-state index in [0.29, 0.717) is 17.1 Å². The summed E-state index contributed by atoms with van der Waals surface area (Å²) in [5.41, 5.74) is 3.54. The molecule has 0 atom stereocenters. The molecule has 3 aromatic rings. The number of benzene rings is 1. The molecule has 7 heteroatoms. The predicted octanol–water partition coefficient (Wildman–Crippen LogP) is 4.53. The van der Waals surface area contributed by atoms with Gasteiger partial charge < -0.3 is 5.32 Å². The minimum atomic E-state index is -0.0933. The summed E-state index contributed by atoms with van der Waals surface area (Å²) in [6.45, 7) is 2.52. The first-order valence-electron chi connectivity index (χ1n) is 9.68. The van der Waals surface area contributed by atoms with Crippen LogP contribution in [-0.4, -0.2) is 27.2 Å². The van der Waals surface area contributed by atoms with E-state index >= 15 is 0 Å². The number of fused-ring (bicyclic) bond motifs is 1. The van der Waals surface area contributed by atoms with E-state index in [0.717, 1.165) is 30.6 Å². The third kappa shape index (κ3) is 4.13. The molecule has 0 saturated heterocycles. The van der Waals surface area contributed by atoms with Gasteiger partial charge in [0.25, 0.3) is 5.91 Å². The number of aryl methyl sites for hydroxylation is 3. The van der Waals surface area contributed by atoms with E-state index in [9.17, 15) is 4.79 Å². The number of hydrogen-bond donors (Lipinski definition) is 1. The normalized spacial score (nSPS) is 13.4. The van der Waals surface area contributed by atoms with Crippen LogP contribution in [0.25, 0.3) is 5.69 Å². The summed E-state index contributed by atoms with van der Waals surface area (Å²) in [5.74, 6) is -0.0933. The largest absolute Gasteiger partial charge is 0.352 e. The van der Waals surface area contributed by atoms with Crippen LogP contribution >= 0.6 is 22.9 Å². The molecule has 1 N–H and O–H groups in total. The fourth-order valence-corrected chi connectivity index (χ4v) is 4.93. The van der Waals surface area contributed by atoms with E-state index in [2.05, 4.69) is 10.4 Å². The molecule has 0 fully saturated rings. The fraction of sp³-hybridized carbons (Fsp3) is 0.381. The molecular weight excluding hydrogens is 392 g/mol. The number of amides is 1. The average Bonchev–Trinajstić information content (AvgIpc) is 3.28. The standard InChI is InChI=1S/C21H23ClN4OS/c1-14-17(13-24-26(14)16-7-4-6-15(22)12-16)21(27)23-11-5-10-20-25-18-8-2-3-9-19(18)28-20/h4,6-7,12-13H,2-3,5,8-11H2,1H3,(H,23,27). The quantitative estimate of drug-likeness (QED) is 0.602. The van der Waals surface area contributed by atoms with Gasteiger partial charge in [0.2, 0.25) is 0 Å². The second kappa shape index (κ2) is 8.45. The molecule has 28 heavy (non-hydrogen) atoms. The van der Waals surface area contributed by atoms with Gasteiger partial charge in [-0.25, -0.2) is 9.67 Å². The Morgan fingerprint density at radius 1 is 1.32 bits per heavy atom. The number of halogens is 1. The Balaban J connectivity index is 1.32. The van der Waals surface area contributed by atoms with Gasteiger partial charge in [0, 0.05) is 22.9 Å². The molecule has 146 valence electrons. The molecule has 1 aliphatic rings. The summed E-state index contributed by atoms with van der Waals surface area (Å²) in [7, 11) is 0. The van der Waals surface area contributed by atoms with Gasteiger partial charge in [-0.15, -0.1) is 11.3 Å². The van der Waals surface area contributed by atoms with Crippen LogP contribution < -0.4 is 5.32 Å². The Labute approximate surface area is 173 Å². The summed E-state index contributed by atoms with van der Waals surface area (Å²) in [5, 5.41) is 9.20. The number of carbonyl (C=O) groups is 1. The highest BCUT2D eigenvalue weighted by Gasteiger charge is 2.16. The Morgan fingerprint density at radius 2 is 2.18 bits per heavy atom. The van der Waals surface area contributed by atoms with Crippen LogP contribution in [0.15, 0.2) is 30.5 Å². The number of nitrogens with one attached hydrogen (secondary N) is 1. The highest BCUT2D eigenvalue weighted by Crippen LogP contribution is 2.27. The molecule has 5 nitrogen and oxygen atoms in total. The van der Waals surface area contributed by atoms with E-state index in [-0.39, 0.29) is 5.91 Å². The first kappa shape index (κ1) is 19.2. The lowest BCUT2D eigenvalue weighted by atomic mass is 10.0. The third-order valence-electron chi connectivity index (χ3n) is 5.05. The molecular formula is C21H23ClN4OS.